The molecule has 1 N–H and O–H groups in total. The number of hydrogen-bond acceptors (Lipinski definition) is 3. The molecule has 1 aliphatic heterocycles. The number of rotatable bonds is 3. The molecule has 3 rings (SSSR count). The van der Waals surface area contributed by atoms with E-state index >= 15 is 0 Å². The monoisotopic (exact) mass is 375 g/mol. The smallest absolute Gasteiger partial charge is 0.416 e. The van der Waals surface area contributed by atoms with E-state index in [4.69, 9.17) is 4.74 Å². The average Bonchev–Trinajstić information content (AvgIpc) is 2.61. The number of halogens is 5. The van der Waals surface area contributed by atoms with Gasteiger partial charge in [-0.05, 0) is 24.3 Å². The molecule has 1 aromatic carbocycles. The molecule has 1 aromatic heterocycles. The Kier molecular flexibility index (Phi) is 4.51. The van der Waals surface area contributed by atoms with Crippen LogP contribution < -0.4 is 10.3 Å². The summed E-state index contributed by atoms with van der Waals surface area (Å²) in [4.78, 5) is 12.1. The third kappa shape index (κ3) is 2.86. The highest BCUT2D eigenvalue weighted by atomic mass is 19.4. The summed E-state index contributed by atoms with van der Waals surface area (Å²) in [7, 11) is 0. The van der Waals surface area contributed by atoms with Crippen LogP contribution in [0.1, 0.15) is 17.2 Å². The Morgan fingerprint density at radius 1 is 1.15 bits per heavy atom. The number of alkyl halides is 5. The molecule has 0 amide bonds. The predicted molar refractivity (Wildman–Crippen MR) is 81.6 cm³/mol. The molecule has 0 spiro atoms. The second-order valence-corrected chi connectivity index (χ2v) is 6.02. The fourth-order valence-corrected chi connectivity index (χ4v) is 3.01. The van der Waals surface area contributed by atoms with Crippen LogP contribution in [-0.2, 0) is 6.18 Å². The molecule has 4 nitrogen and oxygen atoms in total. The van der Waals surface area contributed by atoms with Gasteiger partial charge in [-0.3, -0.25) is 4.79 Å². The molecule has 2 unspecified atom stereocenters. The van der Waals surface area contributed by atoms with Crippen molar-refractivity contribution in [1.82, 2.24) is 4.57 Å². The van der Waals surface area contributed by atoms with Crippen LogP contribution in [0.2, 0.25) is 0 Å². The number of pyridine rings is 1. The van der Waals surface area contributed by atoms with Crippen LogP contribution in [0.25, 0.3) is 0 Å². The highest BCUT2D eigenvalue weighted by Gasteiger charge is 2.51. The molecule has 0 aliphatic carbocycles. The first kappa shape index (κ1) is 18.4. The summed E-state index contributed by atoms with van der Waals surface area (Å²) in [6, 6.07) is 4.86. The zero-order chi connectivity index (χ0) is 19.1. The first-order valence-corrected chi connectivity index (χ1v) is 7.61. The van der Waals surface area contributed by atoms with E-state index in [2.05, 4.69) is 0 Å². The summed E-state index contributed by atoms with van der Waals surface area (Å²) in [5.41, 5.74) is -4.17. The molecule has 0 saturated carbocycles. The lowest BCUT2D eigenvalue weighted by Crippen LogP contribution is -2.58. The third-order valence-corrected chi connectivity index (χ3v) is 4.41. The van der Waals surface area contributed by atoms with Crippen molar-refractivity contribution in [3.8, 4) is 5.75 Å². The van der Waals surface area contributed by atoms with Gasteiger partial charge in [0.2, 0.25) is 0 Å². The summed E-state index contributed by atoms with van der Waals surface area (Å²) in [5, 5.41) is 10.6. The number of aliphatic hydroxyl groups is 1. The van der Waals surface area contributed by atoms with Crippen molar-refractivity contribution < 1.29 is 31.8 Å². The van der Waals surface area contributed by atoms with Crippen molar-refractivity contribution in [2.45, 2.75) is 23.9 Å². The molecular weight excluding hydrogens is 361 g/mol. The van der Waals surface area contributed by atoms with E-state index in [1.165, 1.54) is 18.3 Å². The standard InChI is InChI=1S/C17H14F5NO3/c18-8-16(9-19)15(25)14(23-6-2-1-3-13(23)24)11-7-10(17(20,21)22)4-5-12(11)26-16/h1-7,14-15,25H,8-9H2. The molecule has 0 fully saturated rings. The summed E-state index contributed by atoms with van der Waals surface area (Å²) in [5.74, 6) is -0.223. The van der Waals surface area contributed by atoms with Gasteiger partial charge in [-0.2, -0.15) is 13.2 Å². The van der Waals surface area contributed by atoms with Gasteiger partial charge in [0.1, 0.15) is 25.2 Å². The normalized spacial score (nSPS) is 21.8. The van der Waals surface area contributed by atoms with Gasteiger partial charge in [0.25, 0.3) is 5.56 Å². The highest BCUT2D eigenvalue weighted by molar-refractivity contribution is 5.44. The summed E-state index contributed by atoms with van der Waals surface area (Å²) in [6.07, 6.45) is -5.37. The molecular formula is C17H14F5NO3. The van der Waals surface area contributed by atoms with Crippen molar-refractivity contribution in [2.75, 3.05) is 13.3 Å². The first-order chi connectivity index (χ1) is 12.2. The van der Waals surface area contributed by atoms with Gasteiger partial charge in [-0.15, -0.1) is 0 Å². The van der Waals surface area contributed by atoms with Gasteiger partial charge in [-0.25, -0.2) is 8.78 Å². The number of aromatic nitrogens is 1. The summed E-state index contributed by atoms with van der Waals surface area (Å²) in [6.45, 7) is -2.85. The first-order valence-electron chi connectivity index (χ1n) is 7.61. The van der Waals surface area contributed by atoms with E-state index < -0.39 is 48.4 Å². The molecule has 2 atom stereocenters. The molecule has 0 saturated heterocycles. The third-order valence-electron chi connectivity index (χ3n) is 4.41. The van der Waals surface area contributed by atoms with Crippen LogP contribution in [-0.4, -0.2) is 34.7 Å². The van der Waals surface area contributed by atoms with Crippen LogP contribution in [0.3, 0.4) is 0 Å². The van der Waals surface area contributed by atoms with Crippen molar-refractivity contribution in [3.05, 3.63) is 64.1 Å². The number of nitrogens with zero attached hydrogens (tertiary/aromatic N) is 1. The van der Waals surface area contributed by atoms with E-state index in [-0.39, 0.29) is 11.3 Å². The van der Waals surface area contributed by atoms with Crippen molar-refractivity contribution in [3.63, 3.8) is 0 Å². The summed E-state index contributed by atoms with van der Waals surface area (Å²) >= 11 is 0. The lowest BCUT2D eigenvalue weighted by molar-refractivity contribution is -0.138. The Labute approximate surface area is 144 Å². The SMILES string of the molecule is O=c1ccccn1C1c2cc(C(F)(F)F)ccc2OC(CF)(CF)C1O. The number of ether oxygens (including phenoxy) is 1. The van der Waals surface area contributed by atoms with Gasteiger partial charge in [0.15, 0.2) is 5.60 Å². The van der Waals surface area contributed by atoms with Crippen molar-refractivity contribution in [1.29, 1.82) is 0 Å². The van der Waals surface area contributed by atoms with E-state index in [9.17, 15) is 31.9 Å². The number of fused-ring (bicyclic) bond motifs is 1. The molecule has 0 bridgehead atoms. The van der Waals surface area contributed by atoms with Gasteiger partial charge in [0.05, 0.1) is 11.6 Å². The van der Waals surface area contributed by atoms with Crippen LogP contribution in [0.4, 0.5) is 22.0 Å². The molecule has 9 heteroatoms. The van der Waals surface area contributed by atoms with E-state index in [1.807, 2.05) is 0 Å². The fourth-order valence-electron chi connectivity index (χ4n) is 3.01. The maximum atomic E-state index is 13.5. The van der Waals surface area contributed by atoms with Gasteiger partial charge < -0.3 is 14.4 Å². The quantitative estimate of drug-likeness (QED) is 0.840. The van der Waals surface area contributed by atoms with Crippen LogP contribution in [0, 0.1) is 0 Å². The lowest BCUT2D eigenvalue weighted by atomic mass is 9.84. The average molecular weight is 375 g/mol. The zero-order valence-electron chi connectivity index (χ0n) is 13.2. The van der Waals surface area contributed by atoms with Crippen LogP contribution in [0.15, 0.2) is 47.4 Å². The molecule has 1 aliphatic rings. The van der Waals surface area contributed by atoms with Gasteiger partial charge >= 0.3 is 6.18 Å². The Bertz CT molecular complexity index is 860. The minimum Gasteiger partial charge on any atom is -0.479 e. The largest absolute Gasteiger partial charge is 0.479 e. The van der Waals surface area contributed by atoms with E-state index in [0.29, 0.717) is 12.1 Å². The summed E-state index contributed by atoms with van der Waals surface area (Å²) < 4.78 is 72.4. The number of hydrogen-bond donors (Lipinski definition) is 1. The molecule has 2 aromatic rings. The lowest BCUT2D eigenvalue weighted by Gasteiger charge is -2.43. The van der Waals surface area contributed by atoms with Crippen molar-refractivity contribution in [2.24, 2.45) is 0 Å². The second kappa shape index (κ2) is 6.39. The number of aliphatic hydroxyl groups excluding tert-OH is 1. The minimum absolute atomic E-state index is 0.182. The minimum atomic E-state index is -4.68. The Hall–Kier alpha value is -2.42. The molecule has 140 valence electrons. The molecule has 0 radical (unpaired) electrons. The second-order valence-electron chi connectivity index (χ2n) is 6.02. The fraction of sp³-hybridized carbons (Fsp3) is 0.353. The topological polar surface area (TPSA) is 51.5 Å². The Morgan fingerprint density at radius 2 is 1.85 bits per heavy atom. The van der Waals surface area contributed by atoms with E-state index in [0.717, 1.165) is 16.7 Å². The van der Waals surface area contributed by atoms with Crippen LogP contribution >= 0.6 is 0 Å². The van der Waals surface area contributed by atoms with E-state index in [1.54, 1.807) is 0 Å². The maximum absolute atomic E-state index is 13.5. The Morgan fingerprint density at radius 3 is 2.42 bits per heavy atom. The molecule has 26 heavy (non-hydrogen) atoms. The van der Waals surface area contributed by atoms with Crippen LogP contribution in [0.5, 0.6) is 5.75 Å². The molecule has 2 heterocycles. The van der Waals surface area contributed by atoms with Gasteiger partial charge in [-0.1, -0.05) is 6.07 Å². The predicted octanol–water partition coefficient (Wildman–Crippen LogP) is 2.89. The van der Waals surface area contributed by atoms with Gasteiger partial charge in [0, 0.05) is 17.8 Å². The highest BCUT2D eigenvalue weighted by Crippen LogP contribution is 2.44. The number of benzene rings is 1. The van der Waals surface area contributed by atoms with Crippen molar-refractivity contribution >= 4 is 0 Å². The maximum Gasteiger partial charge on any atom is 0.416 e. The Balaban J connectivity index is 2.27. The zero-order valence-corrected chi connectivity index (χ0v) is 13.2.